The average Bonchev–Trinajstić information content (AvgIpc) is 2.71. The number of pyridine rings is 1. The number of fused-ring (bicyclic) bond motifs is 2. The van der Waals surface area contributed by atoms with Gasteiger partial charge in [-0.05, 0) is 53.2 Å². The van der Waals surface area contributed by atoms with Crippen LogP contribution in [0.5, 0.6) is 5.75 Å². The van der Waals surface area contributed by atoms with E-state index in [1.807, 2.05) is 0 Å². The number of phenolic OH excluding ortho intramolecular Hbond substituents is 1. The fraction of sp³-hybridized carbons (Fsp3) is 0. The third kappa shape index (κ3) is 5.98. The molecule has 3 aromatic carbocycles. The summed E-state index contributed by atoms with van der Waals surface area (Å²) in [6.45, 7) is 0. The molecule has 4 rings (SSSR count). The predicted molar refractivity (Wildman–Crippen MR) is 113 cm³/mol. The Balaban J connectivity index is 0.00000289. The summed E-state index contributed by atoms with van der Waals surface area (Å²) in [7, 11) is -8.95. The number of hydrogen-bond acceptors (Lipinski definition) is 8. The first kappa shape index (κ1) is 27.8. The first-order chi connectivity index (χ1) is 14.5. The van der Waals surface area contributed by atoms with Gasteiger partial charge in [-0.25, -0.2) is 0 Å². The first-order valence-electron chi connectivity index (χ1n) is 8.55. The maximum absolute atomic E-state index is 11.7. The number of benzene rings is 3. The molecule has 0 amide bonds. The summed E-state index contributed by atoms with van der Waals surface area (Å²) < 4.78 is 64.7. The van der Waals surface area contributed by atoms with E-state index in [4.69, 9.17) is 4.55 Å². The van der Waals surface area contributed by atoms with Crippen molar-refractivity contribution in [3.8, 4) is 5.75 Å². The minimum absolute atomic E-state index is 0. The number of aromatic nitrogens is 1. The summed E-state index contributed by atoms with van der Waals surface area (Å²) in [5, 5.41) is 19.5. The van der Waals surface area contributed by atoms with Crippen LogP contribution >= 0.6 is 0 Å². The molecule has 33 heavy (non-hydrogen) atoms. The minimum atomic E-state index is -4.62. The number of rotatable bonds is 4. The van der Waals surface area contributed by atoms with Gasteiger partial charge in [0.1, 0.15) is 16.1 Å². The Morgan fingerprint density at radius 3 is 2.15 bits per heavy atom. The maximum atomic E-state index is 11.7. The van der Waals surface area contributed by atoms with Crippen LogP contribution in [-0.4, -0.2) is 36.0 Å². The fourth-order valence-electron chi connectivity index (χ4n) is 3.02. The number of hydrogen-bond donors (Lipinski definition) is 3. The van der Waals surface area contributed by atoms with Gasteiger partial charge in [0, 0.05) is 11.6 Å². The zero-order chi connectivity index (χ0) is 22.4. The molecule has 4 aromatic rings. The van der Waals surface area contributed by atoms with Gasteiger partial charge in [0.2, 0.25) is 0 Å². The molecule has 0 saturated heterocycles. The number of phenols is 1. The predicted octanol–water partition coefficient (Wildman–Crippen LogP) is -1.76. The van der Waals surface area contributed by atoms with E-state index in [0.717, 1.165) is 6.07 Å². The molecule has 1 heterocycles. The van der Waals surface area contributed by atoms with Crippen LogP contribution in [0.25, 0.3) is 21.7 Å². The molecule has 0 atom stereocenters. The van der Waals surface area contributed by atoms with Crippen LogP contribution in [0.2, 0.25) is 0 Å². The summed E-state index contributed by atoms with van der Waals surface area (Å²) in [4.78, 5) is 3.22. The van der Waals surface area contributed by atoms with Gasteiger partial charge >= 0.3 is 59.1 Å². The van der Waals surface area contributed by atoms with Gasteiger partial charge < -0.3 is 7.96 Å². The van der Waals surface area contributed by atoms with Gasteiger partial charge in [-0.2, -0.15) is 21.9 Å². The van der Waals surface area contributed by atoms with Crippen LogP contribution in [0.1, 0.15) is 2.85 Å². The first-order valence-corrected chi connectivity index (χ1v) is 11.4. The molecule has 162 valence electrons. The molecule has 0 bridgehead atoms. The van der Waals surface area contributed by atoms with Crippen LogP contribution in [0.4, 0.5) is 11.4 Å². The van der Waals surface area contributed by atoms with Gasteiger partial charge in [0.15, 0.2) is 5.75 Å². The maximum Gasteiger partial charge on any atom is 1.00 e. The van der Waals surface area contributed by atoms with Crippen LogP contribution in [0, 0.1) is 0 Å². The summed E-state index contributed by atoms with van der Waals surface area (Å²) >= 11 is 0. The van der Waals surface area contributed by atoms with Crippen molar-refractivity contribution >= 4 is 53.3 Å². The molecule has 0 fully saturated rings. The van der Waals surface area contributed by atoms with Crippen LogP contribution < -0.4 is 59.1 Å². The molecule has 0 aliphatic carbocycles. The molecule has 14 heteroatoms. The standard InChI is InChI=1S/C19H13N3O7S2.2Na.2H/c23-19-16(10-17(31(27,28)29)15-2-1-7-20-18(15)19)22-21-13-5-3-12-9-14(30(24,25)26)6-4-11(12)8-13;;;;/h1-10,23H,(H,24,25,26)(H,27,28,29);;;;/q;2*+1;2*-1. The Morgan fingerprint density at radius 1 is 0.818 bits per heavy atom. The molecule has 0 spiro atoms. The Kier molecular flexibility index (Phi) is 8.79. The smallest absolute Gasteiger partial charge is 1.00 e. The van der Waals surface area contributed by atoms with E-state index < -0.39 is 30.9 Å². The second-order valence-corrected chi connectivity index (χ2v) is 9.30. The molecule has 1 aromatic heterocycles. The molecule has 10 nitrogen and oxygen atoms in total. The molecule has 3 N–H and O–H groups in total. The minimum Gasteiger partial charge on any atom is -1.00 e. The Morgan fingerprint density at radius 2 is 1.48 bits per heavy atom. The van der Waals surface area contributed by atoms with Gasteiger partial charge in [-0.15, -0.1) is 5.11 Å². The van der Waals surface area contributed by atoms with Crippen LogP contribution in [0.15, 0.2) is 80.8 Å². The van der Waals surface area contributed by atoms with Gasteiger partial charge in [0.05, 0.1) is 10.6 Å². The van der Waals surface area contributed by atoms with Crippen molar-refractivity contribution in [3.63, 3.8) is 0 Å². The molecule has 0 aliphatic rings. The third-order valence-electron chi connectivity index (χ3n) is 4.45. The largest absolute Gasteiger partial charge is 1.00 e. The van der Waals surface area contributed by atoms with Crippen LogP contribution in [-0.2, 0) is 20.2 Å². The number of nitrogens with zero attached hydrogens (tertiary/aromatic N) is 3. The van der Waals surface area contributed by atoms with E-state index in [1.54, 1.807) is 12.1 Å². The van der Waals surface area contributed by atoms with E-state index in [2.05, 4.69) is 15.2 Å². The molecular weight excluding hydrogens is 492 g/mol. The third-order valence-corrected chi connectivity index (χ3v) is 6.20. The zero-order valence-electron chi connectivity index (χ0n) is 19.4. The van der Waals surface area contributed by atoms with Crippen molar-refractivity contribution in [1.82, 2.24) is 4.98 Å². The molecule has 0 aliphatic heterocycles. The molecular formula is C19H15N3Na2O7S2. The van der Waals surface area contributed by atoms with Crippen molar-refractivity contribution in [1.29, 1.82) is 0 Å². The molecule has 0 saturated carbocycles. The Hall–Kier alpha value is -1.45. The van der Waals surface area contributed by atoms with E-state index in [9.17, 15) is 26.5 Å². The van der Waals surface area contributed by atoms with Gasteiger partial charge in [0.25, 0.3) is 20.2 Å². The zero-order valence-corrected chi connectivity index (χ0v) is 23.0. The summed E-state index contributed by atoms with van der Waals surface area (Å²) in [5.41, 5.74) is 0.0319. The van der Waals surface area contributed by atoms with Crippen molar-refractivity contribution in [2.24, 2.45) is 10.2 Å². The second kappa shape index (κ2) is 10.4. The SMILES string of the molecule is O=S(=O)(O)c1ccc2cc(N=Nc3cc(S(=O)(=O)O)c4cccnc4c3O)ccc2c1.[H-].[H-].[Na+].[Na+]. The van der Waals surface area contributed by atoms with Gasteiger partial charge in [-0.1, -0.05) is 12.1 Å². The van der Waals surface area contributed by atoms with E-state index in [0.29, 0.717) is 16.5 Å². The van der Waals surface area contributed by atoms with Crippen LogP contribution in [0.3, 0.4) is 0 Å². The summed E-state index contributed by atoms with van der Waals surface area (Å²) in [6, 6.07) is 12.5. The van der Waals surface area contributed by atoms with Crippen molar-refractivity contribution < 1.29 is 93.0 Å². The molecule has 0 unspecified atom stereocenters. The normalized spacial score (nSPS) is 11.9. The van der Waals surface area contributed by atoms with E-state index in [-0.39, 0.29) is 83.5 Å². The van der Waals surface area contributed by atoms with Crippen molar-refractivity contribution in [2.45, 2.75) is 9.79 Å². The van der Waals surface area contributed by atoms with Crippen molar-refractivity contribution in [3.05, 3.63) is 60.8 Å². The summed E-state index contributed by atoms with van der Waals surface area (Å²) in [6.07, 6.45) is 1.35. The number of azo groups is 1. The van der Waals surface area contributed by atoms with Gasteiger partial charge in [-0.3, -0.25) is 14.1 Å². The monoisotopic (exact) mass is 507 g/mol. The Labute approximate surface area is 235 Å². The molecule has 0 radical (unpaired) electrons. The summed E-state index contributed by atoms with van der Waals surface area (Å²) in [5.74, 6) is -0.412. The van der Waals surface area contributed by atoms with Crippen molar-refractivity contribution in [2.75, 3.05) is 0 Å². The number of aromatic hydroxyl groups is 1. The van der Waals surface area contributed by atoms with E-state index >= 15 is 0 Å². The van der Waals surface area contributed by atoms with E-state index in [1.165, 1.54) is 42.6 Å². The fourth-order valence-corrected chi connectivity index (χ4v) is 4.24. The Bertz CT molecular complexity index is 1620. The second-order valence-electron chi connectivity index (χ2n) is 6.49. The quantitative estimate of drug-likeness (QED) is 0.166. The average molecular weight is 507 g/mol. The topological polar surface area (TPSA) is 167 Å².